The number of aromatic nitrogens is 2. The lowest BCUT2D eigenvalue weighted by Gasteiger charge is -2.26. The van der Waals surface area contributed by atoms with Crippen LogP contribution in [-0.2, 0) is 25.4 Å². The average molecular weight is 642 g/mol. The van der Waals surface area contributed by atoms with Gasteiger partial charge in [0.05, 0.1) is 36.1 Å². The van der Waals surface area contributed by atoms with Crippen LogP contribution in [0.4, 0.5) is 17.6 Å². The van der Waals surface area contributed by atoms with Crippen LogP contribution in [0.15, 0.2) is 72.4 Å². The van der Waals surface area contributed by atoms with Crippen LogP contribution < -0.4 is 9.47 Å². The number of hydrogen-bond donors (Lipinski definition) is 1. The van der Waals surface area contributed by atoms with Gasteiger partial charge in [-0.2, -0.15) is 13.2 Å². The van der Waals surface area contributed by atoms with E-state index < -0.39 is 41.1 Å². The fraction of sp³-hybridized carbons (Fsp3) is 0.333. The van der Waals surface area contributed by atoms with E-state index in [1.807, 2.05) is 0 Å². The maximum Gasteiger partial charge on any atom is 0.401 e. The molecule has 1 saturated carbocycles. The highest BCUT2D eigenvalue weighted by atomic mass is 19.4. The standard InChI is InChI=1S/C33H31F4N3O6/c1-19-12-22(15-30(46-19)32(6-7-32)33(35,36)37)31(38)27(41)14-20-4-5-21(13-23(20)34)26-18-39-24-16-28(44-10-8-42-2)29(17-25(24)40-26)45-11-9-43-3/h4-5,12-13,15-18,38H,1,6-11,14H2,2-3H3. The second kappa shape index (κ2) is 13.4. The number of ether oxygens (including phenoxy) is 5. The lowest BCUT2D eigenvalue weighted by Crippen LogP contribution is -2.29. The number of rotatable bonds is 14. The van der Waals surface area contributed by atoms with Gasteiger partial charge >= 0.3 is 6.18 Å². The molecule has 9 nitrogen and oxygen atoms in total. The minimum Gasteiger partial charge on any atom is -0.487 e. The van der Waals surface area contributed by atoms with Crippen LogP contribution >= 0.6 is 0 Å². The molecule has 5 rings (SSSR count). The van der Waals surface area contributed by atoms with E-state index in [1.54, 1.807) is 32.4 Å². The van der Waals surface area contributed by atoms with E-state index in [1.165, 1.54) is 24.4 Å². The Morgan fingerprint density at radius 3 is 2.24 bits per heavy atom. The van der Waals surface area contributed by atoms with Gasteiger partial charge in [-0.1, -0.05) is 18.7 Å². The van der Waals surface area contributed by atoms with E-state index in [4.69, 9.17) is 29.1 Å². The second-order valence-corrected chi connectivity index (χ2v) is 10.8. The van der Waals surface area contributed by atoms with Gasteiger partial charge in [-0.25, -0.2) is 9.37 Å². The quantitative estimate of drug-likeness (QED) is 0.124. The highest BCUT2D eigenvalue weighted by Crippen LogP contribution is 2.63. The highest BCUT2D eigenvalue weighted by Gasteiger charge is 2.67. The van der Waals surface area contributed by atoms with Gasteiger partial charge in [-0.3, -0.25) is 15.2 Å². The molecule has 1 aliphatic heterocycles. The zero-order valence-electron chi connectivity index (χ0n) is 25.1. The van der Waals surface area contributed by atoms with Crippen molar-refractivity contribution in [1.82, 2.24) is 9.97 Å². The first-order chi connectivity index (χ1) is 22.0. The van der Waals surface area contributed by atoms with E-state index in [9.17, 15) is 18.0 Å². The van der Waals surface area contributed by atoms with Crippen molar-refractivity contribution in [3.8, 4) is 22.8 Å². The Morgan fingerprint density at radius 1 is 1.00 bits per heavy atom. The molecule has 0 unspecified atom stereocenters. The Hall–Kier alpha value is -4.62. The Bertz CT molecular complexity index is 1750. The molecule has 242 valence electrons. The lowest BCUT2D eigenvalue weighted by atomic mass is 9.94. The molecule has 1 aliphatic carbocycles. The molecule has 1 N–H and O–H groups in total. The van der Waals surface area contributed by atoms with Crippen LogP contribution in [0.2, 0.25) is 0 Å². The predicted octanol–water partition coefficient (Wildman–Crippen LogP) is 6.31. The number of Topliss-reactive ketones (excluding diaryl/α,β-unsaturated/α-hetero) is 1. The number of nitrogens with one attached hydrogen (secondary N) is 1. The normalized spacial score (nSPS) is 15.6. The fourth-order valence-electron chi connectivity index (χ4n) is 4.86. The van der Waals surface area contributed by atoms with Gasteiger partial charge in [0.15, 0.2) is 17.3 Å². The smallest absolute Gasteiger partial charge is 0.401 e. The summed E-state index contributed by atoms with van der Waals surface area (Å²) in [4.78, 5) is 22.0. The summed E-state index contributed by atoms with van der Waals surface area (Å²) in [5.41, 5.74) is -1.07. The number of halogens is 4. The summed E-state index contributed by atoms with van der Waals surface area (Å²) < 4.78 is 83.1. The van der Waals surface area contributed by atoms with Crippen LogP contribution in [0.5, 0.6) is 11.5 Å². The predicted molar refractivity (Wildman–Crippen MR) is 160 cm³/mol. The molecule has 1 aromatic heterocycles. The number of nitrogens with zero attached hydrogens (tertiary/aromatic N) is 2. The van der Waals surface area contributed by atoms with Crippen molar-refractivity contribution in [1.29, 1.82) is 5.41 Å². The molecule has 2 heterocycles. The molecule has 13 heteroatoms. The molecular formula is C33H31F4N3O6. The van der Waals surface area contributed by atoms with Gasteiger partial charge in [0.25, 0.3) is 0 Å². The summed E-state index contributed by atoms with van der Waals surface area (Å²) in [5, 5.41) is 8.34. The Kier molecular flexibility index (Phi) is 9.54. The third-order valence-electron chi connectivity index (χ3n) is 7.57. The molecule has 2 aliphatic rings. The molecule has 0 atom stereocenters. The Balaban J connectivity index is 1.33. The highest BCUT2D eigenvalue weighted by molar-refractivity contribution is 6.46. The summed E-state index contributed by atoms with van der Waals surface area (Å²) in [5.74, 6) is -1.14. The summed E-state index contributed by atoms with van der Waals surface area (Å²) in [6.07, 6.45) is -1.60. The third kappa shape index (κ3) is 6.95. The molecule has 0 amide bonds. The summed E-state index contributed by atoms with van der Waals surface area (Å²) in [7, 11) is 3.12. The first-order valence-corrected chi connectivity index (χ1v) is 14.3. The van der Waals surface area contributed by atoms with Gasteiger partial charge in [0.2, 0.25) is 0 Å². The average Bonchev–Trinajstić information content (AvgIpc) is 3.84. The first-order valence-electron chi connectivity index (χ1n) is 14.3. The van der Waals surface area contributed by atoms with Crippen molar-refractivity contribution in [3.05, 3.63) is 83.7 Å². The van der Waals surface area contributed by atoms with Crippen molar-refractivity contribution in [2.75, 3.05) is 40.6 Å². The second-order valence-electron chi connectivity index (χ2n) is 10.8. The van der Waals surface area contributed by atoms with Gasteiger partial charge in [-0.05, 0) is 36.6 Å². The maximum absolute atomic E-state index is 15.3. The van der Waals surface area contributed by atoms with E-state index >= 15 is 4.39 Å². The summed E-state index contributed by atoms with van der Waals surface area (Å²) >= 11 is 0. The van der Waals surface area contributed by atoms with Gasteiger partial charge in [0, 0.05) is 43.9 Å². The number of carbonyl (C=O) groups excluding carboxylic acids is 1. The molecular weight excluding hydrogens is 610 g/mol. The zero-order valence-corrected chi connectivity index (χ0v) is 25.1. The third-order valence-corrected chi connectivity index (χ3v) is 7.57. The number of alkyl halides is 3. The topological polar surface area (TPSA) is 113 Å². The van der Waals surface area contributed by atoms with Crippen LogP contribution in [0.3, 0.4) is 0 Å². The van der Waals surface area contributed by atoms with Crippen LogP contribution in [0.25, 0.3) is 22.3 Å². The minimum absolute atomic E-state index is 0.00331. The molecule has 2 aromatic carbocycles. The number of benzene rings is 2. The van der Waals surface area contributed by atoms with Crippen molar-refractivity contribution in [2.45, 2.75) is 25.4 Å². The molecule has 0 radical (unpaired) electrons. The maximum atomic E-state index is 15.3. The van der Waals surface area contributed by atoms with Crippen molar-refractivity contribution in [3.63, 3.8) is 0 Å². The van der Waals surface area contributed by atoms with Crippen molar-refractivity contribution in [2.24, 2.45) is 5.41 Å². The number of carbonyl (C=O) groups is 1. The summed E-state index contributed by atoms with van der Waals surface area (Å²) in [6, 6.07) is 7.52. The SMILES string of the molecule is C=C1C=C(C(=N)C(=O)Cc2ccc(-c3cnc4cc(OCCOC)c(OCCOC)cc4n3)cc2F)C=C(C2(C(F)(F)F)CC2)O1. The van der Waals surface area contributed by atoms with Gasteiger partial charge < -0.3 is 23.7 Å². The van der Waals surface area contributed by atoms with Gasteiger partial charge in [-0.15, -0.1) is 0 Å². The largest absolute Gasteiger partial charge is 0.487 e. The lowest BCUT2D eigenvalue weighted by molar-refractivity contribution is -0.183. The molecule has 0 bridgehead atoms. The monoisotopic (exact) mass is 641 g/mol. The Morgan fingerprint density at radius 2 is 1.65 bits per heavy atom. The first kappa shape index (κ1) is 32.8. The number of methoxy groups -OCH3 is 2. The van der Waals surface area contributed by atoms with Crippen LogP contribution in [0.1, 0.15) is 18.4 Å². The molecule has 46 heavy (non-hydrogen) atoms. The number of allylic oxidation sites excluding steroid dienone is 4. The molecule has 3 aromatic rings. The van der Waals surface area contributed by atoms with Gasteiger partial charge in [0.1, 0.15) is 41.7 Å². The van der Waals surface area contributed by atoms with Crippen LogP contribution in [0, 0.1) is 16.6 Å². The fourth-order valence-corrected chi connectivity index (χ4v) is 4.86. The van der Waals surface area contributed by atoms with E-state index in [0.717, 1.165) is 6.08 Å². The van der Waals surface area contributed by atoms with Crippen molar-refractivity contribution < 1.29 is 46.0 Å². The molecule has 0 saturated heterocycles. The van der Waals surface area contributed by atoms with Crippen molar-refractivity contribution >= 4 is 22.5 Å². The molecule has 0 spiro atoms. The van der Waals surface area contributed by atoms with E-state index in [-0.39, 0.29) is 36.3 Å². The summed E-state index contributed by atoms with van der Waals surface area (Å²) in [6.45, 7) is 4.85. The molecule has 1 fully saturated rings. The number of fused-ring (bicyclic) bond motifs is 1. The zero-order chi connectivity index (χ0) is 33.1. The van der Waals surface area contributed by atoms with E-state index in [0.29, 0.717) is 53.6 Å². The van der Waals surface area contributed by atoms with Crippen LogP contribution in [-0.4, -0.2) is 68.3 Å². The minimum atomic E-state index is -4.55. The number of hydrogen-bond acceptors (Lipinski definition) is 9. The Labute approximate surface area is 262 Å². The number of ketones is 1. The van der Waals surface area contributed by atoms with E-state index in [2.05, 4.69) is 16.5 Å².